The summed E-state index contributed by atoms with van der Waals surface area (Å²) in [5, 5.41) is 18.3. The minimum atomic E-state index is -0.795. The van der Waals surface area contributed by atoms with Crippen LogP contribution in [-0.2, 0) is 11.4 Å². The predicted octanol–water partition coefficient (Wildman–Crippen LogP) is 1.80. The maximum atomic E-state index is 11.9. The van der Waals surface area contributed by atoms with Crippen molar-refractivity contribution < 1.29 is 24.2 Å². The van der Waals surface area contributed by atoms with Gasteiger partial charge >= 0.3 is 11.6 Å². The number of ether oxygens (including phenoxy) is 1. The van der Waals surface area contributed by atoms with Crippen LogP contribution in [0.5, 0.6) is 5.75 Å². The molecule has 118 valence electrons. The van der Waals surface area contributed by atoms with Crippen LogP contribution in [0.2, 0.25) is 0 Å². The minimum absolute atomic E-state index is 0.0543. The molecule has 1 saturated carbocycles. The second-order valence-corrected chi connectivity index (χ2v) is 5.92. The van der Waals surface area contributed by atoms with Crippen LogP contribution < -0.4 is 10.4 Å². The number of aliphatic hydroxyl groups excluding tert-OH is 1. The number of hydrogen-bond acceptors (Lipinski definition) is 5. The fourth-order valence-electron chi connectivity index (χ4n) is 3.17. The zero-order chi connectivity index (χ0) is 15.9. The molecule has 3 rings (SSSR count). The lowest BCUT2D eigenvalue weighted by Crippen LogP contribution is -2.35. The van der Waals surface area contributed by atoms with Gasteiger partial charge in [0.15, 0.2) is 0 Å². The van der Waals surface area contributed by atoms with Crippen molar-refractivity contribution in [3.63, 3.8) is 0 Å². The van der Waals surface area contributed by atoms with Crippen molar-refractivity contribution in [2.24, 2.45) is 11.8 Å². The molecule has 1 aromatic heterocycles. The Bertz CT molecular complexity index is 686. The Morgan fingerprint density at radius 1 is 1.50 bits per heavy atom. The number of carboxylic acids is 1. The quantitative estimate of drug-likeness (QED) is 0.883. The third-order valence-corrected chi connectivity index (χ3v) is 4.59. The van der Waals surface area contributed by atoms with Gasteiger partial charge in [0.1, 0.15) is 29.8 Å². The van der Waals surface area contributed by atoms with E-state index >= 15 is 0 Å². The highest BCUT2D eigenvalue weighted by atomic mass is 16.5. The van der Waals surface area contributed by atoms with E-state index in [4.69, 9.17) is 19.4 Å². The SMILES string of the molecule is CC(C(=O)O)[C@H]1CCC2=Cc3c(cc(CO)oc3=O)O[C@H]2C1. The normalized spacial score (nSPS) is 24.5. The first-order chi connectivity index (χ1) is 10.5. The average molecular weight is 306 g/mol. The summed E-state index contributed by atoms with van der Waals surface area (Å²) in [6.07, 6.45) is 3.69. The van der Waals surface area contributed by atoms with Gasteiger partial charge in [0.25, 0.3) is 0 Å². The molecule has 0 aromatic carbocycles. The molecule has 6 nitrogen and oxygen atoms in total. The standard InChI is InChI=1S/C16H18O6/c1-8(15(18)19)9-2-3-10-4-12-14(22-13(10)5-9)6-11(7-17)21-16(12)20/h4,6,8-9,13,17H,2-3,5,7H2,1H3,(H,18,19)/t8?,9-,13-/m0/s1. The van der Waals surface area contributed by atoms with Crippen molar-refractivity contribution in [3.8, 4) is 5.75 Å². The van der Waals surface area contributed by atoms with Gasteiger partial charge in [-0.2, -0.15) is 0 Å². The van der Waals surface area contributed by atoms with Crippen LogP contribution >= 0.6 is 0 Å². The largest absolute Gasteiger partial charge is 0.485 e. The fourth-order valence-corrected chi connectivity index (χ4v) is 3.17. The molecule has 0 saturated heterocycles. The second kappa shape index (κ2) is 5.61. The highest BCUT2D eigenvalue weighted by molar-refractivity contribution is 5.70. The maximum Gasteiger partial charge on any atom is 0.347 e. The lowest BCUT2D eigenvalue weighted by atomic mass is 9.76. The molecule has 2 heterocycles. The van der Waals surface area contributed by atoms with E-state index in [-0.39, 0.29) is 24.4 Å². The monoisotopic (exact) mass is 306 g/mol. The summed E-state index contributed by atoms with van der Waals surface area (Å²) >= 11 is 0. The van der Waals surface area contributed by atoms with Gasteiger partial charge in [-0.1, -0.05) is 6.92 Å². The van der Waals surface area contributed by atoms with Gasteiger partial charge in [0.2, 0.25) is 0 Å². The van der Waals surface area contributed by atoms with Crippen LogP contribution in [0.3, 0.4) is 0 Å². The number of carboxylic acid groups (broad SMARTS) is 1. The van der Waals surface area contributed by atoms with E-state index in [0.29, 0.717) is 24.2 Å². The topological polar surface area (TPSA) is 97.0 Å². The first-order valence-electron chi connectivity index (χ1n) is 7.37. The number of fused-ring (bicyclic) bond motifs is 2. The minimum Gasteiger partial charge on any atom is -0.485 e. The third kappa shape index (κ3) is 2.54. The molecule has 1 aromatic rings. The number of hydrogen-bond donors (Lipinski definition) is 2. The van der Waals surface area contributed by atoms with E-state index in [1.165, 1.54) is 6.07 Å². The van der Waals surface area contributed by atoms with Crippen LogP contribution in [0.1, 0.15) is 37.5 Å². The Morgan fingerprint density at radius 2 is 2.27 bits per heavy atom. The molecule has 0 spiro atoms. The predicted molar refractivity (Wildman–Crippen MR) is 77.4 cm³/mol. The van der Waals surface area contributed by atoms with Crippen LogP contribution in [0, 0.1) is 11.8 Å². The summed E-state index contributed by atoms with van der Waals surface area (Å²) in [6, 6.07) is 1.52. The fraction of sp³-hybridized carbons (Fsp3) is 0.500. The summed E-state index contributed by atoms with van der Waals surface area (Å²) < 4.78 is 10.9. The van der Waals surface area contributed by atoms with Crippen molar-refractivity contribution in [2.45, 2.75) is 38.9 Å². The average Bonchev–Trinajstić information content (AvgIpc) is 2.51. The van der Waals surface area contributed by atoms with Crippen molar-refractivity contribution in [3.05, 3.63) is 33.4 Å². The number of aliphatic hydroxyl groups is 1. The molecule has 3 atom stereocenters. The number of carbonyl (C=O) groups is 1. The first kappa shape index (κ1) is 14.8. The molecule has 0 amide bonds. The maximum absolute atomic E-state index is 11.9. The molecular weight excluding hydrogens is 288 g/mol. The van der Waals surface area contributed by atoms with Crippen LogP contribution in [-0.4, -0.2) is 22.3 Å². The molecular formula is C16H18O6. The Hall–Kier alpha value is -2.08. The molecule has 0 radical (unpaired) electrons. The van der Waals surface area contributed by atoms with Crippen LogP contribution in [0.4, 0.5) is 0 Å². The second-order valence-electron chi connectivity index (χ2n) is 5.92. The summed E-state index contributed by atoms with van der Waals surface area (Å²) in [7, 11) is 0. The Balaban J connectivity index is 1.88. The summed E-state index contributed by atoms with van der Waals surface area (Å²) in [5.74, 6) is -0.597. The van der Waals surface area contributed by atoms with Gasteiger partial charge in [-0.15, -0.1) is 0 Å². The Labute approximate surface area is 127 Å². The number of rotatable bonds is 3. The third-order valence-electron chi connectivity index (χ3n) is 4.59. The molecule has 22 heavy (non-hydrogen) atoms. The van der Waals surface area contributed by atoms with E-state index in [2.05, 4.69) is 0 Å². The molecule has 1 aliphatic carbocycles. The first-order valence-corrected chi connectivity index (χ1v) is 7.37. The molecule has 6 heteroatoms. The number of aliphatic carboxylic acids is 1. The summed E-state index contributed by atoms with van der Waals surface area (Å²) in [5.41, 5.74) is 0.854. The van der Waals surface area contributed by atoms with Gasteiger partial charge in [0.05, 0.1) is 5.92 Å². The van der Waals surface area contributed by atoms with E-state index in [1.807, 2.05) is 0 Å². The Morgan fingerprint density at radius 3 is 2.95 bits per heavy atom. The zero-order valence-electron chi connectivity index (χ0n) is 12.2. The van der Waals surface area contributed by atoms with E-state index < -0.39 is 17.5 Å². The van der Waals surface area contributed by atoms with Crippen molar-refractivity contribution in [1.82, 2.24) is 0 Å². The van der Waals surface area contributed by atoms with E-state index in [9.17, 15) is 9.59 Å². The molecule has 2 aliphatic rings. The van der Waals surface area contributed by atoms with Crippen LogP contribution in [0.25, 0.3) is 6.08 Å². The molecule has 1 unspecified atom stereocenters. The zero-order valence-corrected chi connectivity index (χ0v) is 12.2. The van der Waals surface area contributed by atoms with Gasteiger partial charge in [-0.25, -0.2) is 4.79 Å². The molecule has 1 fully saturated rings. The molecule has 0 bridgehead atoms. The van der Waals surface area contributed by atoms with Crippen molar-refractivity contribution in [1.29, 1.82) is 0 Å². The van der Waals surface area contributed by atoms with Gasteiger partial charge in [-0.05, 0) is 36.8 Å². The van der Waals surface area contributed by atoms with Gasteiger partial charge in [-0.3, -0.25) is 4.79 Å². The molecule has 2 N–H and O–H groups in total. The lowest BCUT2D eigenvalue weighted by molar-refractivity contribution is -0.143. The van der Waals surface area contributed by atoms with Gasteiger partial charge < -0.3 is 19.4 Å². The van der Waals surface area contributed by atoms with E-state index in [1.54, 1.807) is 13.0 Å². The van der Waals surface area contributed by atoms with Crippen molar-refractivity contribution >= 4 is 12.0 Å². The lowest BCUT2D eigenvalue weighted by Gasteiger charge is -2.36. The highest BCUT2D eigenvalue weighted by Gasteiger charge is 2.35. The smallest absolute Gasteiger partial charge is 0.347 e. The van der Waals surface area contributed by atoms with E-state index in [0.717, 1.165) is 12.0 Å². The Kier molecular flexibility index (Phi) is 3.78. The van der Waals surface area contributed by atoms with Crippen molar-refractivity contribution in [2.75, 3.05) is 0 Å². The molecule has 1 aliphatic heterocycles. The highest BCUT2D eigenvalue weighted by Crippen LogP contribution is 2.40. The van der Waals surface area contributed by atoms with Gasteiger partial charge in [0, 0.05) is 6.07 Å². The summed E-state index contributed by atoms with van der Waals surface area (Å²) in [6.45, 7) is 1.35. The van der Waals surface area contributed by atoms with Crippen LogP contribution in [0.15, 0.2) is 20.9 Å². The summed E-state index contributed by atoms with van der Waals surface area (Å²) in [4.78, 5) is 23.0.